The molecule has 13 heteroatoms. The molecule has 2 fully saturated rings. The van der Waals surface area contributed by atoms with E-state index in [1.165, 1.54) is 28.9 Å². The van der Waals surface area contributed by atoms with Crippen LogP contribution < -0.4 is 10.2 Å². The van der Waals surface area contributed by atoms with Crippen molar-refractivity contribution in [2.75, 3.05) is 37.5 Å². The van der Waals surface area contributed by atoms with Crippen LogP contribution in [0.5, 0.6) is 0 Å². The topological polar surface area (TPSA) is 146 Å². The zero-order chi connectivity index (χ0) is 31.3. The predicted octanol–water partition coefficient (Wildman–Crippen LogP) is 5.03. The molecule has 2 saturated heterocycles. The number of amides is 3. The fourth-order valence-electron chi connectivity index (χ4n) is 7.08. The number of methoxy groups -OCH3 is 2. The summed E-state index contributed by atoms with van der Waals surface area (Å²) in [6, 6.07) is 22.0. The number of carbonyl (C=O) groups is 3. The van der Waals surface area contributed by atoms with Gasteiger partial charge in [0, 0.05) is 37.1 Å². The van der Waals surface area contributed by atoms with Gasteiger partial charge in [-0.1, -0.05) is 60.7 Å². The van der Waals surface area contributed by atoms with Crippen LogP contribution in [0.25, 0.3) is 0 Å². The monoisotopic (exact) mass is 612 g/mol. The Kier molecular flexibility index (Phi) is 6.84. The smallest absolute Gasteiger partial charge is 0.416 e. The van der Waals surface area contributed by atoms with Crippen LogP contribution in [0.2, 0.25) is 0 Å². The van der Waals surface area contributed by atoms with E-state index < -0.39 is 41.8 Å². The van der Waals surface area contributed by atoms with E-state index in [1.807, 2.05) is 48.5 Å². The zero-order valence-corrected chi connectivity index (χ0v) is 24.8. The summed E-state index contributed by atoms with van der Waals surface area (Å²) in [6.45, 7) is 0.633. The molecule has 13 nitrogen and oxygen atoms in total. The second kappa shape index (κ2) is 10.8. The van der Waals surface area contributed by atoms with Crippen LogP contribution in [0.15, 0.2) is 83.0 Å². The lowest BCUT2D eigenvalue weighted by Crippen LogP contribution is -2.53. The summed E-state index contributed by atoms with van der Waals surface area (Å²) >= 11 is 0. The minimum atomic E-state index is -1.33. The molecule has 0 spiro atoms. The number of hydrogen-bond donors (Lipinski definition) is 2. The molecule has 3 amide bonds. The molecule has 4 atom stereocenters. The highest BCUT2D eigenvalue weighted by atomic mass is 16.6. The molecule has 232 valence electrons. The maximum Gasteiger partial charge on any atom is 0.416 e. The summed E-state index contributed by atoms with van der Waals surface area (Å²) in [5.74, 6) is 0. The van der Waals surface area contributed by atoms with Gasteiger partial charge in [0.15, 0.2) is 0 Å². The van der Waals surface area contributed by atoms with E-state index >= 15 is 0 Å². The molecule has 0 saturated carbocycles. The first kappa shape index (κ1) is 28.6. The summed E-state index contributed by atoms with van der Waals surface area (Å²) in [4.78, 5) is 43.6. The van der Waals surface area contributed by atoms with Crippen LogP contribution in [0.1, 0.15) is 29.5 Å². The average molecular weight is 613 g/mol. The van der Waals surface area contributed by atoms with Crippen LogP contribution in [-0.4, -0.2) is 72.8 Å². The number of aliphatic hydroxyl groups is 1. The van der Waals surface area contributed by atoms with E-state index in [4.69, 9.17) is 24.4 Å². The minimum Gasteiger partial charge on any atom is -0.453 e. The highest BCUT2D eigenvalue weighted by Crippen LogP contribution is 2.55. The number of fused-ring (bicyclic) bond motifs is 6. The van der Waals surface area contributed by atoms with Crippen LogP contribution in [0.3, 0.4) is 0 Å². The third-order valence-corrected chi connectivity index (χ3v) is 9.17. The molecule has 45 heavy (non-hydrogen) atoms. The molecular formula is C32H32N6O7. The number of nitrogens with one attached hydrogen (secondary N) is 1. The minimum absolute atomic E-state index is 0.0479. The number of hydrogen-bond acceptors (Lipinski definition) is 10. The van der Waals surface area contributed by atoms with Crippen LogP contribution in [0, 0.1) is 0 Å². The number of carbonyl (C=O) groups excluding carboxylic acids is 3. The zero-order valence-electron chi connectivity index (χ0n) is 24.8. The number of likely N-dealkylation sites (tertiary alicyclic amines) is 2. The summed E-state index contributed by atoms with van der Waals surface area (Å²) in [7, 11) is 2.60. The maximum atomic E-state index is 13.8. The van der Waals surface area contributed by atoms with Gasteiger partial charge in [-0.3, -0.25) is 14.7 Å². The Morgan fingerprint density at radius 1 is 0.867 bits per heavy atom. The second-order valence-electron chi connectivity index (χ2n) is 11.4. The molecular weight excluding hydrogens is 580 g/mol. The van der Waals surface area contributed by atoms with Gasteiger partial charge in [0.25, 0.3) is 0 Å². The Labute approximate surface area is 259 Å². The van der Waals surface area contributed by atoms with Gasteiger partial charge in [-0.25, -0.2) is 14.4 Å². The van der Waals surface area contributed by atoms with Crippen LogP contribution in [0.4, 0.5) is 31.4 Å². The lowest BCUT2D eigenvalue weighted by atomic mass is 9.90. The number of rotatable bonds is 4. The van der Waals surface area contributed by atoms with Crippen molar-refractivity contribution in [3.8, 4) is 0 Å². The third-order valence-electron chi connectivity index (χ3n) is 9.17. The van der Waals surface area contributed by atoms with Crippen molar-refractivity contribution in [1.82, 2.24) is 9.80 Å². The van der Waals surface area contributed by atoms with Gasteiger partial charge in [-0.2, -0.15) is 10.2 Å². The normalized spacial score (nSPS) is 25.8. The van der Waals surface area contributed by atoms with Gasteiger partial charge in [-0.15, -0.1) is 0 Å². The Hall–Kier alpha value is -5.17. The van der Waals surface area contributed by atoms with Crippen molar-refractivity contribution in [1.29, 1.82) is 0 Å². The molecule has 0 bridgehead atoms. The Morgan fingerprint density at radius 2 is 1.56 bits per heavy atom. The van der Waals surface area contributed by atoms with Gasteiger partial charge in [-0.05, 0) is 17.7 Å². The molecule has 3 aromatic rings. The predicted molar refractivity (Wildman–Crippen MR) is 161 cm³/mol. The van der Waals surface area contributed by atoms with Crippen LogP contribution in [-0.2, 0) is 32.0 Å². The van der Waals surface area contributed by atoms with Gasteiger partial charge < -0.3 is 24.6 Å². The molecule has 0 radical (unpaired) electrons. The van der Waals surface area contributed by atoms with Crippen molar-refractivity contribution in [2.24, 2.45) is 10.2 Å². The summed E-state index contributed by atoms with van der Waals surface area (Å²) in [5.41, 5.74) is 1.22. The number of ether oxygens (including phenoxy) is 3. The van der Waals surface area contributed by atoms with E-state index in [-0.39, 0.29) is 13.2 Å². The third kappa shape index (κ3) is 4.29. The number of benzene rings is 3. The largest absolute Gasteiger partial charge is 0.453 e. The quantitative estimate of drug-likeness (QED) is 0.308. The Balaban J connectivity index is 1.27. The molecule has 7 rings (SSSR count). The lowest BCUT2D eigenvalue weighted by Gasteiger charge is -2.33. The Morgan fingerprint density at radius 3 is 2.33 bits per heavy atom. The number of anilines is 2. The number of azo groups is 1. The molecule has 2 N–H and O–H groups in total. The number of nitrogens with zero attached hydrogens (tertiary/aromatic N) is 5. The van der Waals surface area contributed by atoms with Crippen molar-refractivity contribution in [2.45, 2.75) is 42.9 Å². The van der Waals surface area contributed by atoms with E-state index in [0.29, 0.717) is 42.0 Å². The van der Waals surface area contributed by atoms with E-state index in [0.717, 1.165) is 11.1 Å². The SMILES string of the molecule is COC(=O)N1CC[C@]2(/N=N/c3cccc4c3NC3N(C(=O)OC)CC[C@]43O)c3ccccc3N(C(=O)OCc3ccccc3)C12. The van der Waals surface area contributed by atoms with Crippen molar-refractivity contribution in [3.63, 3.8) is 0 Å². The molecule has 4 aliphatic rings. The van der Waals surface area contributed by atoms with Gasteiger partial charge >= 0.3 is 18.3 Å². The molecule has 3 aromatic carbocycles. The fourth-order valence-corrected chi connectivity index (χ4v) is 7.08. The first-order valence-corrected chi connectivity index (χ1v) is 14.7. The summed E-state index contributed by atoms with van der Waals surface area (Å²) in [6.07, 6.45) is -2.74. The average Bonchev–Trinajstić information content (AvgIpc) is 3.77. The molecule has 2 unspecified atom stereocenters. The Bertz CT molecular complexity index is 1700. The first-order chi connectivity index (χ1) is 21.8. The molecule has 0 aliphatic carbocycles. The van der Waals surface area contributed by atoms with Gasteiger partial charge in [0.1, 0.15) is 35.8 Å². The van der Waals surface area contributed by atoms with Crippen LogP contribution >= 0.6 is 0 Å². The second-order valence-corrected chi connectivity index (χ2v) is 11.4. The molecule has 0 aromatic heterocycles. The standard InChI is InChI=1S/C32H32N6O7/c1-43-28(39)36-18-16-32(42)22-12-8-13-23(25(22)33-26(32)36)34-35-31-15-17-37(29(40)44-2)27(31)38(24-14-7-6-11-21(24)31)30(41)45-19-20-9-4-3-5-10-20/h3-14,26-27,33,42H,15-19H2,1-2H3/b35-34+/t26?,27?,31-,32-/m0/s1. The highest BCUT2D eigenvalue weighted by molar-refractivity contribution is 5.93. The van der Waals surface area contributed by atoms with Crippen molar-refractivity contribution < 1.29 is 33.7 Å². The van der Waals surface area contributed by atoms with E-state index in [2.05, 4.69) is 5.32 Å². The van der Waals surface area contributed by atoms with Crippen molar-refractivity contribution >= 4 is 35.3 Å². The molecule has 4 heterocycles. The lowest BCUT2D eigenvalue weighted by molar-refractivity contribution is 0.0190. The maximum absolute atomic E-state index is 13.8. The summed E-state index contributed by atoms with van der Waals surface area (Å²) in [5, 5.41) is 24.5. The van der Waals surface area contributed by atoms with Gasteiger partial charge in [0.2, 0.25) is 0 Å². The van der Waals surface area contributed by atoms with Crippen molar-refractivity contribution in [3.05, 3.63) is 89.5 Å². The number of para-hydroxylation sites is 2. The summed E-state index contributed by atoms with van der Waals surface area (Å²) < 4.78 is 15.8. The molecule has 4 aliphatic heterocycles. The van der Waals surface area contributed by atoms with E-state index in [1.54, 1.807) is 24.3 Å². The van der Waals surface area contributed by atoms with Gasteiger partial charge in [0.05, 0.1) is 25.6 Å². The first-order valence-electron chi connectivity index (χ1n) is 14.7. The van der Waals surface area contributed by atoms with E-state index in [9.17, 15) is 19.5 Å². The fraction of sp³-hybridized carbons (Fsp3) is 0.344. The highest BCUT2D eigenvalue weighted by Gasteiger charge is 2.62.